The van der Waals surface area contributed by atoms with E-state index in [1.807, 2.05) is 0 Å². The number of hydrogen-bond acceptors (Lipinski definition) is 5. The number of ether oxygens (including phenoxy) is 1. The highest BCUT2D eigenvalue weighted by molar-refractivity contribution is 7.95. The molecule has 0 bridgehead atoms. The minimum absolute atomic E-state index is 0.0247. The minimum Gasteiger partial charge on any atom is -0.508 e. The monoisotopic (exact) mass is 281 g/mol. The van der Waals surface area contributed by atoms with Crippen LogP contribution in [0.5, 0.6) is 5.75 Å². The predicted molar refractivity (Wildman–Crippen MR) is 70.5 cm³/mol. The molecule has 5 nitrogen and oxygen atoms in total. The van der Waals surface area contributed by atoms with Crippen molar-refractivity contribution in [1.82, 2.24) is 4.90 Å². The van der Waals surface area contributed by atoms with E-state index in [2.05, 4.69) is 4.90 Å². The van der Waals surface area contributed by atoms with Gasteiger partial charge in [-0.3, -0.25) is 4.90 Å². The second kappa shape index (κ2) is 4.63. The van der Waals surface area contributed by atoms with Gasteiger partial charge in [0.15, 0.2) is 0 Å². The third kappa shape index (κ3) is 2.27. The summed E-state index contributed by atoms with van der Waals surface area (Å²) in [5.41, 5.74) is 0.654. The lowest BCUT2D eigenvalue weighted by Crippen LogP contribution is -2.38. The first-order valence-corrected chi connectivity index (χ1v) is 7.64. The number of nitrogens with zero attached hydrogens (tertiary/aromatic N) is 1. The Hall–Kier alpha value is -1.37. The predicted octanol–water partition coefficient (Wildman–Crippen LogP) is 0.853. The number of phenolic OH excluding ortho intramolecular Hbond substituents is 1. The number of phenols is 1. The Morgan fingerprint density at radius 3 is 2.74 bits per heavy atom. The van der Waals surface area contributed by atoms with Crippen molar-refractivity contribution in [2.45, 2.75) is 4.90 Å². The number of fused-ring (bicyclic) bond motifs is 1. The molecule has 2 aliphatic rings. The van der Waals surface area contributed by atoms with Crippen LogP contribution in [0.2, 0.25) is 0 Å². The molecule has 19 heavy (non-hydrogen) atoms. The van der Waals surface area contributed by atoms with E-state index in [4.69, 9.17) is 4.74 Å². The molecule has 0 amide bonds. The highest BCUT2D eigenvalue weighted by atomic mass is 32.2. The van der Waals surface area contributed by atoms with Crippen LogP contribution in [-0.4, -0.2) is 51.3 Å². The molecule has 0 saturated carbocycles. The van der Waals surface area contributed by atoms with E-state index in [9.17, 15) is 13.5 Å². The molecule has 1 aromatic carbocycles. The molecule has 1 N–H and O–H groups in total. The molecule has 0 spiro atoms. The van der Waals surface area contributed by atoms with Crippen LogP contribution in [0, 0.1) is 0 Å². The van der Waals surface area contributed by atoms with Crippen molar-refractivity contribution < 1.29 is 18.3 Å². The van der Waals surface area contributed by atoms with Crippen molar-refractivity contribution in [2.75, 3.05) is 32.8 Å². The second-order valence-electron chi connectivity index (χ2n) is 4.72. The standard InChI is InChI=1S/C13H15NO4S/c15-11-2-1-10-7-12(19(16,17)13(10)8-11)9-14-3-5-18-6-4-14/h1-2,7-8,15H,3-6,9H2. The lowest BCUT2D eigenvalue weighted by molar-refractivity contribution is 0.0430. The van der Waals surface area contributed by atoms with Crippen LogP contribution in [0.25, 0.3) is 6.08 Å². The van der Waals surface area contributed by atoms with Crippen LogP contribution in [0.1, 0.15) is 5.56 Å². The summed E-state index contributed by atoms with van der Waals surface area (Å²) in [4.78, 5) is 2.67. The molecule has 0 atom stereocenters. The molecule has 6 heteroatoms. The molecular weight excluding hydrogens is 266 g/mol. The van der Waals surface area contributed by atoms with Gasteiger partial charge in [-0.15, -0.1) is 0 Å². The number of sulfone groups is 1. The molecule has 2 heterocycles. The van der Waals surface area contributed by atoms with Gasteiger partial charge in [-0.1, -0.05) is 0 Å². The van der Waals surface area contributed by atoms with E-state index >= 15 is 0 Å². The molecule has 102 valence electrons. The van der Waals surface area contributed by atoms with Gasteiger partial charge in [-0.2, -0.15) is 0 Å². The molecule has 0 unspecified atom stereocenters. The van der Waals surface area contributed by atoms with Crippen LogP contribution in [0.15, 0.2) is 28.0 Å². The van der Waals surface area contributed by atoms with Gasteiger partial charge in [0.1, 0.15) is 5.75 Å². The van der Waals surface area contributed by atoms with Crippen molar-refractivity contribution in [3.8, 4) is 5.75 Å². The summed E-state index contributed by atoms with van der Waals surface area (Å²) in [6, 6.07) is 4.45. The van der Waals surface area contributed by atoms with Crippen molar-refractivity contribution in [1.29, 1.82) is 0 Å². The Labute approximate surface area is 112 Å². The van der Waals surface area contributed by atoms with Gasteiger partial charge in [0.2, 0.25) is 9.84 Å². The van der Waals surface area contributed by atoms with Gasteiger partial charge < -0.3 is 9.84 Å². The molecule has 1 fully saturated rings. The lowest BCUT2D eigenvalue weighted by atomic mass is 10.2. The topological polar surface area (TPSA) is 66.8 Å². The fourth-order valence-electron chi connectivity index (χ4n) is 2.38. The molecule has 1 saturated heterocycles. The zero-order valence-corrected chi connectivity index (χ0v) is 11.2. The normalized spacial score (nSPS) is 22.0. The Morgan fingerprint density at radius 2 is 2.00 bits per heavy atom. The van der Waals surface area contributed by atoms with Crippen LogP contribution in [0.4, 0.5) is 0 Å². The summed E-state index contributed by atoms with van der Waals surface area (Å²) < 4.78 is 30.0. The van der Waals surface area contributed by atoms with Crippen LogP contribution >= 0.6 is 0 Å². The Bertz CT molecular complexity index is 630. The molecular formula is C13H15NO4S. The number of rotatable bonds is 2. The molecule has 1 aromatic rings. The Kier molecular flexibility index (Phi) is 3.08. The molecule has 0 radical (unpaired) electrons. The SMILES string of the molecule is O=S1(=O)C(CN2CCOCC2)=Cc2ccc(O)cc21. The lowest BCUT2D eigenvalue weighted by Gasteiger charge is -2.26. The summed E-state index contributed by atoms with van der Waals surface area (Å²) in [6.07, 6.45) is 1.69. The first-order valence-electron chi connectivity index (χ1n) is 6.16. The highest BCUT2D eigenvalue weighted by Crippen LogP contribution is 2.35. The summed E-state index contributed by atoms with van der Waals surface area (Å²) in [6.45, 7) is 3.17. The van der Waals surface area contributed by atoms with E-state index in [0.717, 1.165) is 13.1 Å². The third-order valence-corrected chi connectivity index (χ3v) is 5.30. The van der Waals surface area contributed by atoms with Gasteiger partial charge in [-0.25, -0.2) is 8.42 Å². The maximum atomic E-state index is 12.4. The zero-order valence-electron chi connectivity index (χ0n) is 10.4. The van der Waals surface area contributed by atoms with E-state index in [-0.39, 0.29) is 10.6 Å². The van der Waals surface area contributed by atoms with E-state index < -0.39 is 9.84 Å². The van der Waals surface area contributed by atoms with Crippen molar-refractivity contribution >= 4 is 15.9 Å². The quantitative estimate of drug-likeness (QED) is 0.870. The van der Waals surface area contributed by atoms with Gasteiger partial charge in [0.25, 0.3) is 0 Å². The first-order chi connectivity index (χ1) is 9.07. The summed E-state index contributed by atoms with van der Waals surface area (Å²) in [5, 5.41) is 9.42. The Morgan fingerprint density at radius 1 is 1.26 bits per heavy atom. The summed E-state index contributed by atoms with van der Waals surface area (Å²) in [5.74, 6) is -0.0247. The second-order valence-corrected chi connectivity index (χ2v) is 6.70. The van der Waals surface area contributed by atoms with Gasteiger partial charge >= 0.3 is 0 Å². The first kappa shape index (κ1) is 12.7. The number of morpholine rings is 1. The largest absolute Gasteiger partial charge is 0.508 e. The number of benzene rings is 1. The molecule has 0 aliphatic carbocycles. The van der Waals surface area contributed by atoms with Crippen LogP contribution in [0.3, 0.4) is 0 Å². The van der Waals surface area contributed by atoms with E-state index in [1.165, 1.54) is 12.1 Å². The summed E-state index contributed by atoms with van der Waals surface area (Å²) in [7, 11) is -3.45. The summed E-state index contributed by atoms with van der Waals surface area (Å²) >= 11 is 0. The van der Waals surface area contributed by atoms with Gasteiger partial charge in [0, 0.05) is 19.6 Å². The number of aromatic hydroxyl groups is 1. The molecule has 2 aliphatic heterocycles. The fraction of sp³-hybridized carbons (Fsp3) is 0.385. The molecule has 3 rings (SSSR count). The maximum Gasteiger partial charge on any atom is 0.204 e. The fourth-order valence-corrected chi connectivity index (χ4v) is 4.01. The van der Waals surface area contributed by atoms with Crippen LogP contribution < -0.4 is 0 Å². The number of hydrogen-bond donors (Lipinski definition) is 1. The smallest absolute Gasteiger partial charge is 0.204 e. The van der Waals surface area contributed by atoms with Gasteiger partial charge in [0.05, 0.1) is 23.0 Å². The minimum atomic E-state index is -3.45. The van der Waals surface area contributed by atoms with Crippen molar-refractivity contribution in [3.63, 3.8) is 0 Å². The average Bonchev–Trinajstić information content (AvgIpc) is 2.63. The van der Waals surface area contributed by atoms with Crippen molar-refractivity contribution in [2.24, 2.45) is 0 Å². The zero-order chi connectivity index (χ0) is 13.5. The average molecular weight is 281 g/mol. The van der Waals surface area contributed by atoms with Crippen molar-refractivity contribution in [3.05, 3.63) is 28.7 Å². The van der Waals surface area contributed by atoms with E-state index in [0.29, 0.717) is 30.2 Å². The van der Waals surface area contributed by atoms with Gasteiger partial charge in [-0.05, 0) is 29.8 Å². The Balaban J connectivity index is 1.88. The third-order valence-electron chi connectivity index (χ3n) is 3.43. The molecule has 0 aromatic heterocycles. The van der Waals surface area contributed by atoms with Crippen LogP contribution in [-0.2, 0) is 14.6 Å². The maximum absolute atomic E-state index is 12.4. The highest BCUT2D eigenvalue weighted by Gasteiger charge is 2.31. The van der Waals surface area contributed by atoms with E-state index in [1.54, 1.807) is 12.1 Å².